The first-order chi connectivity index (χ1) is 8.78. The fourth-order valence-corrected chi connectivity index (χ4v) is 5.94. The number of carbonyl (C=O) groups is 1. The Bertz CT molecular complexity index is 400. The highest BCUT2D eigenvalue weighted by atomic mass is 16.6. The first-order valence-electron chi connectivity index (χ1n) is 8.00. The van der Waals surface area contributed by atoms with E-state index in [0.717, 1.165) is 18.8 Å². The molecule has 2 saturated carbocycles. The number of hydrogen-bond donors (Lipinski definition) is 0. The van der Waals surface area contributed by atoms with Crippen molar-refractivity contribution in [1.29, 1.82) is 0 Å². The first-order valence-corrected chi connectivity index (χ1v) is 8.00. The van der Waals surface area contributed by atoms with Crippen LogP contribution in [0.1, 0.15) is 72.6 Å². The molecule has 2 nitrogen and oxygen atoms in total. The third-order valence-corrected chi connectivity index (χ3v) is 6.72. The summed E-state index contributed by atoms with van der Waals surface area (Å²) in [5, 5.41) is 0. The Morgan fingerprint density at radius 3 is 2.47 bits per heavy atom. The largest absolute Gasteiger partial charge is 0.459 e. The van der Waals surface area contributed by atoms with Gasteiger partial charge in [0.1, 0.15) is 5.60 Å². The van der Waals surface area contributed by atoms with Crippen molar-refractivity contribution in [2.45, 2.75) is 78.2 Å². The predicted molar refractivity (Wildman–Crippen MR) is 75.7 cm³/mol. The number of esters is 1. The van der Waals surface area contributed by atoms with Crippen molar-refractivity contribution in [2.24, 2.45) is 22.7 Å². The topological polar surface area (TPSA) is 26.3 Å². The van der Waals surface area contributed by atoms with Gasteiger partial charge in [-0.1, -0.05) is 27.2 Å². The average Bonchev–Trinajstić information content (AvgIpc) is 2.25. The molecule has 3 rings (SSSR count). The molecule has 2 aliphatic carbocycles. The molecule has 2 heteroatoms. The second kappa shape index (κ2) is 3.99. The van der Waals surface area contributed by atoms with Gasteiger partial charge in [-0.2, -0.15) is 0 Å². The Labute approximate surface area is 117 Å². The Kier molecular flexibility index (Phi) is 2.82. The number of rotatable bonds is 0. The average molecular weight is 264 g/mol. The SMILES string of the molecule is CC1(C)CCC[C@@]2(C)[C@H]3CCC(=O)O[C@]3(C)CC[C@@H]12. The molecule has 0 bridgehead atoms. The van der Waals surface area contributed by atoms with Gasteiger partial charge in [0.25, 0.3) is 0 Å². The zero-order valence-corrected chi connectivity index (χ0v) is 12.9. The number of fused-ring (bicyclic) bond motifs is 3. The zero-order chi connectivity index (χ0) is 13.9. The molecule has 1 aliphatic heterocycles. The van der Waals surface area contributed by atoms with Crippen LogP contribution in [0.15, 0.2) is 0 Å². The van der Waals surface area contributed by atoms with Gasteiger partial charge >= 0.3 is 5.97 Å². The highest BCUT2D eigenvalue weighted by Crippen LogP contribution is 2.64. The summed E-state index contributed by atoms with van der Waals surface area (Å²) < 4.78 is 5.82. The summed E-state index contributed by atoms with van der Waals surface area (Å²) in [4.78, 5) is 11.7. The summed E-state index contributed by atoms with van der Waals surface area (Å²) in [6.45, 7) is 9.58. The van der Waals surface area contributed by atoms with Crippen LogP contribution in [0, 0.1) is 22.7 Å². The maximum absolute atomic E-state index is 11.7. The van der Waals surface area contributed by atoms with Crippen LogP contribution in [-0.4, -0.2) is 11.6 Å². The molecule has 0 aromatic carbocycles. The molecule has 1 heterocycles. The van der Waals surface area contributed by atoms with Gasteiger partial charge in [0, 0.05) is 12.3 Å². The quantitative estimate of drug-likeness (QED) is 0.609. The summed E-state index contributed by atoms with van der Waals surface area (Å²) in [5.74, 6) is 1.38. The minimum Gasteiger partial charge on any atom is -0.459 e. The molecule has 0 amide bonds. The van der Waals surface area contributed by atoms with Crippen LogP contribution >= 0.6 is 0 Å². The van der Waals surface area contributed by atoms with E-state index in [1.54, 1.807) is 0 Å². The van der Waals surface area contributed by atoms with Crippen molar-refractivity contribution in [1.82, 2.24) is 0 Å². The molecular formula is C17H28O2. The lowest BCUT2D eigenvalue weighted by atomic mass is 9.45. The third kappa shape index (κ3) is 1.86. The lowest BCUT2D eigenvalue weighted by Crippen LogP contribution is -2.60. The van der Waals surface area contributed by atoms with E-state index in [4.69, 9.17) is 4.74 Å². The van der Waals surface area contributed by atoms with E-state index in [1.807, 2.05) is 0 Å². The lowest BCUT2D eigenvalue weighted by Gasteiger charge is -2.62. The second-order valence-corrected chi connectivity index (χ2v) is 8.32. The predicted octanol–water partition coefficient (Wildman–Crippen LogP) is 4.32. The smallest absolute Gasteiger partial charge is 0.306 e. The maximum atomic E-state index is 11.7. The van der Waals surface area contributed by atoms with Gasteiger partial charge in [0.05, 0.1) is 0 Å². The highest BCUT2D eigenvalue weighted by Gasteiger charge is 2.60. The minimum atomic E-state index is -0.187. The molecule has 0 spiro atoms. The molecule has 108 valence electrons. The van der Waals surface area contributed by atoms with Crippen LogP contribution in [-0.2, 0) is 9.53 Å². The highest BCUT2D eigenvalue weighted by molar-refractivity contribution is 5.71. The van der Waals surface area contributed by atoms with Crippen LogP contribution in [0.4, 0.5) is 0 Å². The van der Waals surface area contributed by atoms with Crippen molar-refractivity contribution in [2.75, 3.05) is 0 Å². The molecule has 0 aromatic rings. The van der Waals surface area contributed by atoms with Crippen LogP contribution in [0.3, 0.4) is 0 Å². The molecule has 0 aromatic heterocycles. The zero-order valence-electron chi connectivity index (χ0n) is 12.9. The molecule has 4 atom stereocenters. The van der Waals surface area contributed by atoms with Gasteiger partial charge in [-0.05, 0) is 55.8 Å². The summed E-state index contributed by atoms with van der Waals surface area (Å²) in [5.41, 5.74) is 0.638. The fraction of sp³-hybridized carbons (Fsp3) is 0.941. The molecular weight excluding hydrogens is 236 g/mol. The molecule has 3 aliphatic rings. The number of hydrogen-bond acceptors (Lipinski definition) is 2. The van der Waals surface area contributed by atoms with Crippen molar-refractivity contribution in [3.63, 3.8) is 0 Å². The second-order valence-electron chi connectivity index (χ2n) is 8.32. The van der Waals surface area contributed by atoms with Crippen molar-refractivity contribution < 1.29 is 9.53 Å². The Balaban J connectivity index is 1.97. The third-order valence-electron chi connectivity index (χ3n) is 6.72. The molecule has 0 unspecified atom stereocenters. The Morgan fingerprint density at radius 1 is 1.00 bits per heavy atom. The summed E-state index contributed by atoms with van der Waals surface area (Å²) >= 11 is 0. The molecule has 0 N–H and O–H groups in total. The fourth-order valence-electron chi connectivity index (χ4n) is 5.94. The Hall–Kier alpha value is -0.530. The van der Waals surface area contributed by atoms with Gasteiger partial charge in [-0.3, -0.25) is 4.79 Å². The monoisotopic (exact) mass is 264 g/mol. The molecule has 19 heavy (non-hydrogen) atoms. The first kappa shape index (κ1) is 13.5. The Morgan fingerprint density at radius 2 is 1.74 bits per heavy atom. The van der Waals surface area contributed by atoms with E-state index in [-0.39, 0.29) is 11.6 Å². The van der Waals surface area contributed by atoms with Gasteiger partial charge in [0.15, 0.2) is 0 Å². The van der Waals surface area contributed by atoms with Gasteiger partial charge in [-0.15, -0.1) is 0 Å². The van der Waals surface area contributed by atoms with Gasteiger partial charge in [0.2, 0.25) is 0 Å². The normalized spacial score (nSPS) is 48.9. The molecule has 0 radical (unpaired) electrons. The van der Waals surface area contributed by atoms with Crippen LogP contribution in [0.2, 0.25) is 0 Å². The van der Waals surface area contributed by atoms with E-state index in [0.29, 0.717) is 23.2 Å². The summed E-state index contributed by atoms with van der Waals surface area (Å²) in [6, 6.07) is 0. The maximum Gasteiger partial charge on any atom is 0.306 e. The van der Waals surface area contributed by atoms with Crippen LogP contribution < -0.4 is 0 Å². The van der Waals surface area contributed by atoms with E-state index < -0.39 is 0 Å². The van der Waals surface area contributed by atoms with E-state index in [1.165, 1.54) is 25.7 Å². The van der Waals surface area contributed by atoms with Crippen molar-refractivity contribution in [3.8, 4) is 0 Å². The van der Waals surface area contributed by atoms with E-state index >= 15 is 0 Å². The number of carbonyl (C=O) groups excluding carboxylic acids is 1. The van der Waals surface area contributed by atoms with Gasteiger partial charge in [-0.25, -0.2) is 0 Å². The standard InChI is InChI=1S/C17H28O2/c1-15(2)9-5-10-16(3)12(15)8-11-17(4)13(16)6-7-14(18)19-17/h12-13H,5-11H2,1-4H3/t12-,13+,16+,17+/m0/s1. The molecule has 3 fully saturated rings. The van der Waals surface area contributed by atoms with E-state index in [2.05, 4.69) is 27.7 Å². The lowest BCUT2D eigenvalue weighted by molar-refractivity contribution is -0.215. The van der Waals surface area contributed by atoms with Crippen LogP contribution in [0.5, 0.6) is 0 Å². The molecule has 1 saturated heterocycles. The van der Waals surface area contributed by atoms with Crippen LogP contribution in [0.25, 0.3) is 0 Å². The van der Waals surface area contributed by atoms with Crippen molar-refractivity contribution >= 4 is 5.97 Å². The minimum absolute atomic E-state index is 0.0240. The number of ether oxygens (including phenoxy) is 1. The van der Waals surface area contributed by atoms with Crippen molar-refractivity contribution in [3.05, 3.63) is 0 Å². The summed E-state index contributed by atoms with van der Waals surface area (Å²) in [6.07, 6.45) is 7.97. The van der Waals surface area contributed by atoms with Gasteiger partial charge < -0.3 is 4.74 Å². The summed E-state index contributed by atoms with van der Waals surface area (Å²) in [7, 11) is 0. The van der Waals surface area contributed by atoms with E-state index in [9.17, 15) is 4.79 Å².